The zero-order chi connectivity index (χ0) is 13.7. The van der Waals surface area contributed by atoms with Gasteiger partial charge in [0.1, 0.15) is 0 Å². The summed E-state index contributed by atoms with van der Waals surface area (Å²) >= 11 is 3.18. The van der Waals surface area contributed by atoms with Crippen LogP contribution in [0.5, 0.6) is 0 Å². The Labute approximate surface area is 113 Å². The van der Waals surface area contributed by atoms with Crippen molar-refractivity contribution in [2.75, 3.05) is 5.32 Å². The largest absolute Gasteiger partial charge is 0.478 e. The third kappa shape index (κ3) is 3.89. The predicted octanol–water partition coefficient (Wildman–Crippen LogP) is 2.84. The highest BCUT2D eigenvalue weighted by molar-refractivity contribution is 9.10. The number of carboxylic acids is 1. The van der Waals surface area contributed by atoms with E-state index in [1.807, 2.05) is 0 Å². The Kier molecular flexibility index (Phi) is 4.91. The van der Waals surface area contributed by atoms with E-state index in [1.165, 1.54) is 12.1 Å². The molecule has 2 amide bonds. The Hall–Kier alpha value is -1.82. The average Bonchev–Trinajstić information content (AvgIpc) is 2.30. The van der Waals surface area contributed by atoms with Crippen molar-refractivity contribution in [1.82, 2.24) is 5.32 Å². The average molecular weight is 313 g/mol. The van der Waals surface area contributed by atoms with Gasteiger partial charge in [0, 0.05) is 10.5 Å². The first-order chi connectivity index (χ1) is 8.43. The summed E-state index contributed by atoms with van der Waals surface area (Å²) in [4.78, 5) is 22.6. The highest BCUT2D eigenvalue weighted by Crippen LogP contribution is 2.21. The Morgan fingerprint density at radius 3 is 2.72 bits per heavy atom. The first kappa shape index (κ1) is 14.2. The monoisotopic (exact) mass is 312 g/mol. The minimum absolute atomic E-state index is 0.0192. The predicted molar refractivity (Wildman–Crippen MR) is 72.9 cm³/mol. The molecule has 0 aromatic heterocycles. The molecule has 96 valence electrons. The molecule has 18 heavy (non-hydrogen) atoms. The molecule has 6 heteroatoms. The van der Waals surface area contributed by atoms with Gasteiger partial charge in [0.2, 0.25) is 0 Å². The molecule has 1 unspecified atom stereocenters. The lowest BCUT2D eigenvalue weighted by Gasteiger charge is -2.12. The van der Waals surface area contributed by atoms with Crippen LogP contribution in [0.2, 0.25) is 0 Å². The number of rotatable bonds is 4. The van der Waals surface area contributed by atoms with E-state index >= 15 is 0 Å². The lowest BCUT2D eigenvalue weighted by atomic mass is 10.2. The lowest BCUT2D eigenvalue weighted by molar-refractivity contribution is 0.0698. The number of nitrogens with one attached hydrogen (secondary N) is 2. The van der Waals surface area contributed by atoms with Crippen molar-refractivity contribution < 1.29 is 14.7 Å². The van der Waals surface area contributed by atoms with E-state index in [0.717, 1.165) is 0 Å². The minimum Gasteiger partial charge on any atom is -0.478 e. The second-order valence-electron chi connectivity index (χ2n) is 3.62. The zero-order valence-electron chi connectivity index (χ0n) is 9.74. The first-order valence-corrected chi connectivity index (χ1v) is 5.96. The molecule has 0 heterocycles. The molecule has 0 fully saturated rings. The summed E-state index contributed by atoms with van der Waals surface area (Å²) in [5, 5.41) is 14.1. The number of anilines is 1. The SMILES string of the molecule is C=CC(C)NC(=O)Nc1ccc(Br)cc1C(=O)O. The van der Waals surface area contributed by atoms with E-state index in [0.29, 0.717) is 4.47 Å². The molecule has 3 N–H and O–H groups in total. The maximum absolute atomic E-state index is 11.6. The number of amides is 2. The van der Waals surface area contributed by atoms with Crippen LogP contribution in [-0.2, 0) is 0 Å². The first-order valence-electron chi connectivity index (χ1n) is 5.17. The minimum atomic E-state index is -1.11. The number of carbonyl (C=O) groups is 2. The number of halogens is 1. The van der Waals surface area contributed by atoms with E-state index in [1.54, 1.807) is 19.1 Å². The van der Waals surface area contributed by atoms with Crippen molar-refractivity contribution in [3.63, 3.8) is 0 Å². The molecule has 1 aromatic rings. The van der Waals surface area contributed by atoms with E-state index in [4.69, 9.17) is 5.11 Å². The molecule has 0 aliphatic heterocycles. The smallest absolute Gasteiger partial charge is 0.337 e. The fraction of sp³-hybridized carbons (Fsp3) is 0.167. The van der Waals surface area contributed by atoms with Gasteiger partial charge in [-0.1, -0.05) is 22.0 Å². The van der Waals surface area contributed by atoms with Crippen LogP contribution in [0.25, 0.3) is 0 Å². The molecule has 0 aliphatic carbocycles. The molecule has 0 spiro atoms. The summed E-state index contributed by atoms with van der Waals surface area (Å²) < 4.78 is 0.630. The number of urea groups is 1. The molecular formula is C12H13BrN2O3. The summed E-state index contributed by atoms with van der Waals surface area (Å²) in [6, 6.07) is 3.92. The van der Waals surface area contributed by atoms with Crippen LogP contribution in [-0.4, -0.2) is 23.1 Å². The van der Waals surface area contributed by atoms with E-state index in [-0.39, 0.29) is 17.3 Å². The Morgan fingerprint density at radius 1 is 1.50 bits per heavy atom. The number of hydrogen-bond acceptors (Lipinski definition) is 2. The van der Waals surface area contributed by atoms with Crippen LogP contribution in [0.3, 0.4) is 0 Å². The fourth-order valence-electron chi connectivity index (χ4n) is 1.23. The van der Waals surface area contributed by atoms with Gasteiger partial charge in [0.15, 0.2) is 0 Å². The van der Waals surface area contributed by atoms with Crippen molar-refractivity contribution in [3.05, 3.63) is 40.9 Å². The van der Waals surface area contributed by atoms with Crippen LogP contribution in [0.1, 0.15) is 17.3 Å². The topological polar surface area (TPSA) is 78.4 Å². The van der Waals surface area contributed by atoms with Gasteiger partial charge in [-0.05, 0) is 25.1 Å². The number of carbonyl (C=O) groups excluding carboxylic acids is 1. The third-order valence-corrected chi connectivity index (χ3v) is 2.67. The Balaban J connectivity index is 2.87. The van der Waals surface area contributed by atoms with E-state index < -0.39 is 12.0 Å². The molecule has 0 bridgehead atoms. The van der Waals surface area contributed by atoms with Gasteiger partial charge in [-0.15, -0.1) is 6.58 Å². The van der Waals surface area contributed by atoms with Gasteiger partial charge in [0.05, 0.1) is 11.3 Å². The van der Waals surface area contributed by atoms with E-state index in [2.05, 4.69) is 33.1 Å². The third-order valence-electron chi connectivity index (χ3n) is 2.17. The van der Waals surface area contributed by atoms with Crippen LogP contribution < -0.4 is 10.6 Å². The van der Waals surface area contributed by atoms with Gasteiger partial charge in [-0.25, -0.2) is 9.59 Å². The van der Waals surface area contributed by atoms with Crippen molar-refractivity contribution >= 4 is 33.6 Å². The summed E-state index contributed by atoms with van der Waals surface area (Å²) in [6.45, 7) is 5.29. The van der Waals surface area contributed by atoms with Gasteiger partial charge in [-0.2, -0.15) is 0 Å². The fourth-order valence-corrected chi connectivity index (χ4v) is 1.59. The molecule has 0 saturated heterocycles. The molecule has 1 atom stereocenters. The number of benzene rings is 1. The molecule has 0 aliphatic rings. The van der Waals surface area contributed by atoms with Crippen molar-refractivity contribution in [2.45, 2.75) is 13.0 Å². The van der Waals surface area contributed by atoms with Crippen molar-refractivity contribution in [1.29, 1.82) is 0 Å². The second-order valence-corrected chi connectivity index (χ2v) is 4.53. The van der Waals surface area contributed by atoms with Crippen LogP contribution in [0.15, 0.2) is 35.3 Å². The van der Waals surface area contributed by atoms with Gasteiger partial charge < -0.3 is 15.7 Å². The maximum atomic E-state index is 11.6. The van der Waals surface area contributed by atoms with Crippen LogP contribution >= 0.6 is 15.9 Å². The molecule has 0 radical (unpaired) electrons. The quantitative estimate of drug-likeness (QED) is 0.748. The molecule has 1 aromatic carbocycles. The zero-order valence-corrected chi connectivity index (χ0v) is 11.3. The van der Waals surface area contributed by atoms with Gasteiger partial charge in [0.25, 0.3) is 0 Å². The molecular weight excluding hydrogens is 300 g/mol. The van der Waals surface area contributed by atoms with Gasteiger partial charge in [-0.3, -0.25) is 0 Å². The number of hydrogen-bond donors (Lipinski definition) is 3. The van der Waals surface area contributed by atoms with E-state index in [9.17, 15) is 9.59 Å². The summed E-state index contributed by atoms with van der Waals surface area (Å²) in [5.74, 6) is -1.11. The Morgan fingerprint density at radius 2 is 2.17 bits per heavy atom. The highest BCUT2D eigenvalue weighted by Gasteiger charge is 2.13. The molecule has 0 saturated carbocycles. The van der Waals surface area contributed by atoms with Crippen LogP contribution in [0, 0.1) is 0 Å². The number of carboxylic acid groups (broad SMARTS) is 1. The maximum Gasteiger partial charge on any atom is 0.337 e. The Bertz CT molecular complexity index is 488. The summed E-state index contributed by atoms with van der Waals surface area (Å²) in [7, 11) is 0. The summed E-state index contributed by atoms with van der Waals surface area (Å²) in [6.07, 6.45) is 1.57. The highest BCUT2D eigenvalue weighted by atomic mass is 79.9. The molecule has 5 nitrogen and oxygen atoms in total. The lowest BCUT2D eigenvalue weighted by Crippen LogP contribution is -2.35. The second kappa shape index (κ2) is 6.20. The van der Waals surface area contributed by atoms with Crippen LogP contribution in [0.4, 0.5) is 10.5 Å². The molecule has 1 rings (SSSR count). The van der Waals surface area contributed by atoms with Crippen molar-refractivity contribution in [2.24, 2.45) is 0 Å². The standard InChI is InChI=1S/C12H13BrN2O3/c1-3-7(2)14-12(18)15-10-5-4-8(13)6-9(10)11(16)17/h3-7H,1H2,2H3,(H,16,17)(H2,14,15,18). The normalized spacial score (nSPS) is 11.4. The number of aromatic carboxylic acids is 1. The van der Waals surface area contributed by atoms with Gasteiger partial charge >= 0.3 is 12.0 Å². The van der Waals surface area contributed by atoms with Crippen molar-refractivity contribution in [3.8, 4) is 0 Å². The summed E-state index contributed by atoms with van der Waals surface area (Å²) in [5.41, 5.74) is 0.255.